The van der Waals surface area contributed by atoms with Gasteiger partial charge in [-0.1, -0.05) is 38.0 Å². The monoisotopic (exact) mass is 279 g/mol. The van der Waals surface area contributed by atoms with Gasteiger partial charge in [-0.15, -0.1) is 11.6 Å². The third-order valence-corrected chi connectivity index (χ3v) is 4.60. The van der Waals surface area contributed by atoms with Crippen LogP contribution in [0.25, 0.3) is 0 Å². The summed E-state index contributed by atoms with van der Waals surface area (Å²) in [7, 11) is 1.89. The lowest BCUT2D eigenvalue weighted by Gasteiger charge is -2.35. The maximum atomic E-state index is 12.6. The Morgan fingerprint density at radius 2 is 2.00 bits per heavy atom. The van der Waals surface area contributed by atoms with Crippen LogP contribution in [0, 0.1) is 0 Å². The summed E-state index contributed by atoms with van der Waals surface area (Å²) in [6.07, 6.45) is 5.26. The van der Waals surface area contributed by atoms with E-state index in [0.29, 0.717) is 0 Å². The molecule has 1 aliphatic rings. The highest BCUT2D eigenvalue weighted by Crippen LogP contribution is 2.27. The molecule has 3 heteroatoms. The molecule has 2 unspecified atom stereocenters. The third-order valence-electron chi connectivity index (χ3n) is 4.09. The molecule has 104 valence electrons. The normalized spacial score (nSPS) is 23.1. The molecule has 0 aliphatic heterocycles. The van der Waals surface area contributed by atoms with Gasteiger partial charge >= 0.3 is 0 Å². The van der Waals surface area contributed by atoms with Gasteiger partial charge < -0.3 is 4.90 Å². The van der Waals surface area contributed by atoms with Crippen LogP contribution >= 0.6 is 11.6 Å². The van der Waals surface area contributed by atoms with Crippen molar-refractivity contribution in [3.8, 4) is 0 Å². The van der Waals surface area contributed by atoms with Gasteiger partial charge in [-0.3, -0.25) is 4.79 Å². The smallest absolute Gasteiger partial charge is 0.254 e. The van der Waals surface area contributed by atoms with E-state index < -0.39 is 0 Å². The molecule has 0 heterocycles. The number of carbonyl (C=O) groups is 1. The van der Waals surface area contributed by atoms with E-state index in [2.05, 4.69) is 6.92 Å². The number of alkyl halides is 1. The summed E-state index contributed by atoms with van der Waals surface area (Å²) in [6.45, 7) is 2.08. The van der Waals surface area contributed by atoms with Crippen molar-refractivity contribution in [2.75, 3.05) is 7.05 Å². The number of nitrogens with zero attached hydrogens (tertiary/aromatic N) is 1. The zero-order chi connectivity index (χ0) is 13.8. The molecule has 0 N–H and O–H groups in total. The quantitative estimate of drug-likeness (QED) is 0.769. The van der Waals surface area contributed by atoms with E-state index in [0.717, 1.165) is 30.4 Å². The average Bonchev–Trinajstić information content (AvgIpc) is 2.46. The molecule has 0 bridgehead atoms. The molecule has 2 nitrogen and oxygen atoms in total. The van der Waals surface area contributed by atoms with Crippen LogP contribution in [0.1, 0.15) is 48.5 Å². The van der Waals surface area contributed by atoms with Crippen molar-refractivity contribution in [1.82, 2.24) is 4.90 Å². The largest absolute Gasteiger partial charge is 0.337 e. The molecule has 0 spiro atoms. The van der Waals surface area contributed by atoms with Crippen molar-refractivity contribution in [3.05, 3.63) is 35.4 Å². The van der Waals surface area contributed by atoms with Gasteiger partial charge in [-0.2, -0.15) is 0 Å². The Balaban J connectivity index is 2.18. The predicted molar refractivity (Wildman–Crippen MR) is 79.8 cm³/mol. The molecule has 1 saturated carbocycles. The van der Waals surface area contributed by atoms with E-state index in [1.54, 1.807) is 0 Å². The number of halogens is 1. The number of amides is 1. The van der Waals surface area contributed by atoms with Crippen molar-refractivity contribution < 1.29 is 4.79 Å². The summed E-state index contributed by atoms with van der Waals surface area (Å²) < 4.78 is 0. The summed E-state index contributed by atoms with van der Waals surface area (Å²) in [5.74, 6) is 0.106. The molecule has 1 amide bonds. The molecule has 1 aromatic carbocycles. The van der Waals surface area contributed by atoms with Crippen LogP contribution in [-0.2, 0) is 6.42 Å². The van der Waals surface area contributed by atoms with Gasteiger partial charge in [0.25, 0.3) is 5.91 Å². The standard InChI is InChI=1S/C16H22ClNO/c1-3-12-8-4-5-9-13(12)16(19)18(2)15-11-7-6-10-14(15)17/h4-5,8-9,14-15H,3,6-7,10-11H2,1-2H3. The fourth-order valence-corrected chi connectivity index (χ4v) is 3.33. The Bertz CT molecular complexity index is 446. The fraction of sp³-hybridized carbons (Fsp3) is 0.562. The summed E-state index contributed by atoms with van der Waals surface area (Å²) in [5, 5.41) is 0.0940. The van der Waals surface area contributed by atoms with Crippen LogP contribution in [-0.4, -0.2) is 29.3 Å². The zero-order valence-electron chi connectivity index (χ0n) is 11.7. The first-order valence-corrected chi connectivity index (χ1v) is 7.58. The van der Waals surface area contributed by atoms with E-state index in [4.69, 9.17) is 11.6 Å². The second-order valence-electron chi connectivity index (χ2n) is 5.29. The van der Waals surface area contributed by atoms with Gasteiger partial charge in [0.2, 0.25) is 0 Å². The van der Waals surface area contributed by atoms with Crippen molar-refractivity contribution >= 4 is 17.5 Å². The molecule has 1 aromatic rings. The molecular weight excluding hydrogens is 258 g/mol. The number of hydrogen-bond acceptors (Lipinski definition) is 1. The Hall–Kier alpha value is -1.02. The van der Waals surface area contributed by atoms with Crippen LogP contribution in [0.15, 0.2) is 24.3 Å². The zero-order valence-corrected chi connectivity index (χ0v) is 12.5. The number of hydrogen-bond donors (Lipinski definition) is 0. The minimum absolute atomic E-state index is 0.0940. The Labute approximate surface area is 120 Å². The van der Waals surface area contributed by atoms with Gasteiger partial charge in [-0.05, 0) is 30.9 Å². The second kappa shape index (κ2) is 6.42. The predicted octanol–water partition coefficient (Wildman–Crippen LogP) is 3.87. The maximum absolute atomic E-state index is 12.6. The lowest BCUT2D eigenvalue weighted by Crippen LogP contribution is -2.44. The lowest BCUT2D eigenvalue weighted by atomic mass is 9.93. The summed E-state index contributed by atoms with van der Waals surface area (Å²) >= 11 is 6.39. The van der Waals surface area contributed by atoms with Crippen LogP contribution < -0.4 is 0 Å². The highest BCUT2D eigenvalue weighted by Gasteiger charge is 2.30. The molecular formula is C16H22ClNO. The lowest BCUT2D eigenvalue weighted by molar-refractivity contribution is 0.0699. The number of carbonyl (C=O) groups excluding carboxylic acids is 1. The van der Waals surface area contributed by atoms with Crippen molar-refractivity contribution in [2.24, 2.45) is 0 Å². The van der Waals surface area contributed by atoms with E-state index in [9.17, 15) is 4.79 Å². The fourth-order valence-electron chi connectivity index (χ4n) is 2.88. The Morgan fingerprint density at radius 1 is 1.32 bits per heavy atom. The van der Waals surface area contributed by atoms with Crippen LogP contribution in [0.4, 0.5) is 0 Å². The summed E-state index contributed by atoms with van der Waals surface area (Å²) in [4.78, 5) is 14.5. The minimum atomic E-state index is 0.0940. The van der Waals surface area contributed by atoms with Gasteiger partial charge in [0.15, 0.2) is 0 Å². The number of aryl methyl sites for hydroxylation is 1. The van der Waals surface area contributed by atoms with Gasteiger partial charge in [0.1, 0.15) is 0 Å². The van der Waals surface area contributed by atoms with Crippen LogP contribution in [0.2, 0.25) is 0 Å². The molecule has 1 fully saturated rings. The summed E-state index contributed by atoms with van der Waals surface area (Å²) in [6, 6.07) is 8.04. The summed E-state index contributed by atoms with van der Waals surface area (Å²) in [5.41, 5.74) is 1.93. The Kier molecular flexibility index (Phi) is 4.87. The first kappa shape index (κ1) is 14.4. The second-order valence-corrected chi connectivity index (χ2v) is 5.86. The van der Waals surface area contributed by atoms with E-state index in [1.807, 2.05) is 36.2 Å². The first-order chi connectivity index (χ1) is 9.15. The molecule has 2 rings (SSSR count). The van der Waals surface area contributed by atoms with Gasteiger partial charge in [0.05, 0.1) is 5.38 Å². The molecule has 0 aromatic heterocycles. The Morgan fingerprint density at radius 3 is 2.68 bits per heavy atom. The van der Waals surface area contributed by atoms with E-state index in [-0.39, 0.29) is 17.3 Å². The molecule has 19 heavy (non-hydrogen) atoms. The molecule has 0 radical (unpaired) electrons. The minimum Gasteiger partial charge on any atom is -0.337 e. The SMILES string of the molecule is CCc1ccccc1C(=O)N(C)C1CCCCC1Cl. The van der Waals surface area contributed by atoms with Crippen LogP contribution in [0.3, 0.4) is 0 Å². The van der Waals surface area contributed by atoms with Crippen molar-refractivity contribution in [2.45, 2.75) is 50.4 Å². The van der Waals surface area contributed by atoms with Gasteiger partial charge in [-0.25, -0.2) is 0 Å². The van der Waals surface area contributed by atoms with Crippen molar-refractivity contribution in [3.63, 3.8) is 0 Å². The molecule has 0 saturated heterocycles. The topological polar surface area (TPSA) is 20.3 Å². The number of benzene rings is 1. The van der Waals surface area contributed by atoms with Crippen molar-refractivity contribution in [1.29, 1.82) is 0 Å². The maximum Gasteiger partial charge on any atom is 0.254 e. The third kappa shape index (κ3) is 3.11. The number of rotatable bonds is 3. The average molecular weight is 280 g/mol. The van der Waals surface area contributed by atoms with Gasteiger partial charge in [0, 0.05) is 18.7 Å². The first-order valence-electron chi connectivity index (χ1n) is 7.14. The molecule has 2 atom stereocenters. The van der Waals surface area contributed by atoms with Crippen LogP contribution in [0.5, 0.6) is 0 Å². The van der Waals surface area contributed by atoms with E-state index in [1.165, 1.54) is 12.8 Å². The van der Waals surface area contributed by atoms with E-state index >= 15 is 0 Å². The highest BCUT2D eigenvalue weighted by molar-refractivity contribution is 6.21. The highest BCUT2D eigenvalue weighted by atomic mass is 35.5. The molecule has 1 aliphatic carbocycles.